The van der Waals surface area contributed by atoms with Gasteiger partial charge in [0.2, 0.25) is 0 Å². The molecule has 0 unspecified atom stereocenters. The zero-order valence-corrected chi connectivity index (χ0v) is 11.4. The molecule has 3 aromatic rings. The average Bonchev–Trinajstić information content (AvgIpc) is 3.04. The van der Waals surface area contributed by atoms with E-state index in [-0.39, 0.29) is 17.8 Å². The number of nitro groups is 1. The first-order valence-corrected chi connectivity index (χ1v) is 6.49. The number of furan rings is 1. The van der Waals surface area contributed by atoms with Crippen LogP contribution in [0.2, 0.25) is 0 Å². The molecule has 2 aromatic heterocycles. The fraction of sp³-hybridized carbons (Fsp3) is 0.0667. The maximum atomic E-state index is 11.9. The number of hydrogen-bond donors (Lipinski definition) is 0. The Morgan fingerprint density at radius 1 is 1.14 bits per heavy atom. The van der Waals surface area contributed by atoms with E-state index in [9.17, 15) is 14.9 Å². The van der Waals surface area contributed by atoms with Crippen molar-refractivity contribution in [2.75, 3.05) is 0 Å². The lowest BCUT2D eigenvalue weighted by Crippen LogP contribution is -2.22. The van der Waals surface area contributed by atoms with Crippen LogP contribution in [0.15, 0.2) is 64.0 Å². The monoisotopic (exact) mass is 297 g/mol. The summed E-state index contributed by atoms with van der Waals surface area (Å²) in [5.74, 6) is 0.567. The summed E-state index contributed by atoms with van der Waals surface area (Å²) in [5.41, 5.74) is 1.05. The van der Waals surface area contributed by atoms with Crippen molar-refractivity contribution in [3.8, 4) is 11.5 Å². The topological polar surface area (TPSA) is 91.2 Å². The minimum atomic E-state index is -0.467. The molecule has 0 saturated heterocycles. The summed E-state index contributed by atoms with van der Waals surface area (Å²) in [6, 6.07) is 12.5. The van der Waals surface area contributed by atoms with E-state index in [2.05, 4.69) is 5.10 Å². The first-order valence-electron chi connectivity index (χ1n) is 6.49. The molecule has 0 saturated carbocycles. The van der Waals surface area contributed by atoms with Gasteiger partial charge in [-0.15, -0.1) is 0 Å². The predicted octanol–water partition coefficient (Wildman–Crippen LogP) is 2.46. The highest BCUT2D eigenvalue weighted by atomic mass is 16.6. The summed E-state index contributed by atoms with van der Waals surface area (Å²) in [7, 11) is 0. The lowest BCUT2D eigenvalue weighted by atomic mass is 10.2. The highest BCUT2D eigenvalue weighted by molar-refractivity contribution is 5.50. The summed E-state index contributed by atoms with van der Waals surface area (Å²) in [4.78, 5) is 22.0. The molecule has 0 fully saturated rings. The fourth-order valence-corrected chi connectivity index (χ4v) is 2.01. The van der Waals surface area contributed by atoms with Gasteiger partial charge in [0.05, 0.1) is 17.7 Å². The second kappa shape index (κ2) is 5.65. The van der Waals surface area contributed by atoms with Gasteiger partial charge in [-0.3, -0.25) is 14.9 Å². The van der Waals surface area contributed by atoms with Gasteiger partial charge in [-0.1, -0.05) is 12.1 Å². The van der Waals surface area contributed by atoms with Crippen molar-refractivity contribution in [3.05, 3.63) is 80.8 Å². The van der Waals surface area contributed by atoms with Crippen molar-refractivity contribution in [1.82, 2.24) is 9.78 Å². The van der Waals surface area contributed by atoms with Gasteiger partial charge in [0, 0.05) is 18.2 Å². The quantitative estimate of drug-likeness (QED) is 0.545. The first kappa shape index (κ1) is 13.7. The van der Waals surface area contributed by atoms with Gasteiger partial charge in [-0.2, -0.15) is 5.10 Å². The number of non-ortho nitro benzene ring substituents is 1. The van der Waals surface area contributed by atoms with E-state index < -0.39 is 4.92 Å². The minimum Gasteiger partial charge on any atom is -0.463 e. The number of hydrogen-bond acceptors (Lipinski definition) is 5. The number of nitro benzene ring substituents is 1. The van der Waals surface area contributed by atoms with Gasteiger partial charge in [-0.05, 0) is 23.8 Å². The number of benzene rings is 1. The van der Waals surface area contributed by atoms with Gasteiger partial charge in [0.25, 0.3) is 11.2 Å². The molecule has 7 heteroatoms. The maximum Gasteiger partial charge on any atom is 0.269 e. The van der Waals surface area contributed by atoms with Crippen LogP contribution in [0.25, 0.3) is 11.5 Å². The lowest BCUT2D eigenvalue weighted by Gasteiger charge is -2.06. The number of aromatic nitrogens is 2. The third kappa shape index (κ3) is 2.78. The smallest absolute Gasteiger partial charge is 0.269 e. The summed E-state index contributed by atoms with van der Waals surface area (Å²) >= 11 is 0. The second-order valence-corrected chi connectivity index (χ2v) is 4.62. The lowest BCUT2D eigenvalue weighted by molar-refractivity contribution is -0.384. The normalized spacial score (nSPS) is 10.5. The Morgan fingerprint density at radius 3 is 2.55 bits per heavy atom. The molecule has 0 aliphatic carbocycles. The minimum absolute atomic E-state index is 0.00777. The zero-order valence-electron chi connectivity index (χ0n) is 11.4. The molecular weight excluding hydrogens is 286 g/mol. The summed E-state index contributed by atoms with van der Waals surface area (Å²) in [5, 5.41) is 14.9. The Labute approximate surface area is 124 Å². The van der Waals surface area contributed by atoms with Gasteiger partial charge >= 0.3 is 0 Å². The van der Waals surface area contributed by atoms with E-state index >= 15 is 0 Å². The zero-order chi connectivity index (χ0) is 15.5. The number of nitrogens with zero attached hydrogens (tertiary/aromatic N) is 3. The largest absolute Gasteiger partial charge is 0.463 e. The third-order valence-electron chi connectivity index (χ3n) is 3.12. The van der Waals surface area contributed by atoms with E-state index in [0.29, 0.717) is 11.5 Å². The van der Waals surface area contributed by atoms with Gasteiger partial charge in [0.1, 0.15) is 5.69 Å². The van der Waals surface area contributed by atoms with Crippen molar-refractivity contribution < 1.29 is 9.34 Å². The standard InChI is InChI=1S/C15H11N3O4/c19-15-8-7-13(14-2-1-9-22-14)16-17(15)10-11-3-5-12(6-4-11)18(20)21/h1-9H,10H2. The Bertz CT molecular complexity index is 851. The summed E-state index contributed by atoms with van der Waals surface area (Å²) in [6.45, 7) is 0.228. The molecule has 2 heterocycles. The Kier molecular flexibility index (Phi) is 3.53. The molecule has 22 heavy (non-hydrogen) atoms. The molecule has 0 spiro atoms. The molecule has 0 aliphatic heterocycles. The van der Waals surface area contributed by atoms with Crippen LogP contribution < -0.4 is 5.56 Å². The molecule has 0 aliphatic rings. The van der Waals surface area contributed by atoms with Crippen LogP contribution in [0.5, 0.6) is 0 Å². The first-order chi connectivity index (χ1) is 10.6. The van der Waals surface area contributed by atoms with E-state index in [1.165, 1.54) is 29.1 Å². The SMILES string of the molecule is O=c1ccc(-c2ccco2)nn1Cc1ccc([N+](=O)[O-])cc1. The second-order valence-electron chi connectivity index (χ2n) is 4.62. The van der Waals surface area contributed by atoms with Crippen molar-refractivity contribution in [1.29, 1.82) is 0 Å². The predicted molar refractivity (Wildman–Crippen MR) is 78.4 cm³/mol. The third-order valence-corrected chi connectivity index (χ3v) is 3.12. The summed E-state index contributed by atoms with van der Waals surface area (Å²) < 4.78 is 6.54. The molecule has 0 radical (unpaired) electrons. The van der Waals surface area contributed by atoms with Crippen LogP contribution in [-0.2, 0) is 6.54 Å². The van der Waals surface area contributed by atoms with Gasteiger partial charge in [0.15, 0.2) is 5.76 Å². The van der Waals surface area contributed by atoms with Crippen LogP contribution in [0.1, 0.15) is 5.56 Å². The van der Waals surface area contributed by atoms with E-state index in [0.717, 1.165) is 5.56 Å². The maximum absolute atomic E-state index is 11.9. The van der Waals surface area contributed by atoms with Gasteiger partial charge < -0.3 is 4.42 Å². The van der Waals surface area contributed by atoms with Crippen molar-refractivity contribution in [3.63, 3.8) is 0 Å². The van der Waals surface area contributed by atoms with Gasteiger partial charge in [-0.25, -0.2) is 4.68 Å². The molecule has 1 aromatic carbocycles. The van der Waals surface area contributed by atoms with Crippen LogP contribution in [0.4, 0.5) is 5.69 Å². The van der Waals surface area contributed by atoms with Crippen LogP contribution in [0, 0.1) is 10.1 Å². The molecule has 7 nitrogen and oxygen atoms in total. The van der Waals surface area contributed by atoms with Crippen molar-refractivity contribution in [2.45, 2.75) is 6.54 Å². The molecule has 0 atom stereocenters. The molecule has 0 bridgehead atoms. The molecular formula is C15H11N3O4. The van der Waals surface area contributed by atoms with E-state index in [1.807, 2.05) is 0 Å². The average molecular weight is 297 g/mol. The molecule has 0 amide bonds. The highest BCUT2D eigenvalue weighted by Gasteiger charge is 2.08. The summed E-state index contributed by atoms with van der Waals surface area (Å²) in [6.07, 6.45) is 1.53. The fourth-order valence-electron chi connectivity index (χ4n) is 2.01. The van der Waals surface area contributed by atoms with Crippen LogP contribution in [-0.4, -0.2) is 14.7 Å². The Morgan fingerprint density at radius 2 is 1.91 bits per heavy atom. The van der Waals surface area contributed by atoms with Crippen molar-refractivity contribution in [2.24, 2.45) is 0 Å². The molecule has 0 N–H and O–H groups in total. The Balaban J connectivity index is 1.90. The van der Waals surface area contributed by atoms with E-state index in [1.54, 1.807) is 30.3 Å². The highest BCUT2D eigenvalue weighted by Crippen LogP contribution is 2.16. The van der Waals surface area contributed by atoms with E-state index in [4.69, 9.17) is 4.42 Å². The molecule has 110 valence electrons. The van der Waals surface area contributed by atoms with Crippen LogP contribution in [0.3, 0.4) is 0 Å². The number of rotatable bonds is 4. The molecule has 3 rings (SSSR count). The van der Waals surface area contributed by atoms with Crippen LogP contribution >= 0.6 is 0 Å². The van der Waals surface area contributed by atoms with Crippen molar-refractivity contribution >= 4 is 5.69 Å². The Hall–Kier alpha value is -3.22.